The molecule has 0 aliphatic rings. The number of hydrogen-bond acceptors (Lipinski definition) is 3. The van der Waals surface area contributed by atoms with Gasteiger partial charge < -0.3 is 4.52 Å². The van der Waals surface area contributed by atoms with E-state index in [-0.39, 0.29) is 0 Å². The summed E-state index contributed by atoms with van der Waals surface area (Å²) in [6.07, 6.45) is 2.13. The molecule has 2 aromatic rings. The Morgan fingerprint density at radius 3 is 3.00 bits per heavy atom. The lowest BCUT2D eigenvalue weighted by Gasteiger charge is -1.96. The van der Waals surface area contributed by atoms with Gasteiger partial charge in [-0.05, 0) is 12.1 Å². The predicted octanol–water partition coefficient (Wildman–Crippen LogP) is 2.92. The molecule has 0 amide bonds. The first-order chi connectivity index (χ1) is 6.81. The number of aldehydes is 1. The standard InChI is InChI=1S/C10H6BrNO2/c11-9-3-1-2-7(4-9)10-8(6-13)5-12-14-10/h1-6H. The number of nitrogens with zero attached hydrogens (tertiary/aromatic N) is 1. The van der Waals surface area contributed by atoms with E-state index >= 15 is 0 Å². The van der Waals surface area contributed by atoms with Crippen LogP contribution in [0.25, 0.3) is 11.3 Å². The second kappa shape index (κ2) is 3.75. The maximum atomic E-state index is 10.6. The molecule has 0 saturated carbocycles. The summed E-state index contributed by atoms with van der Waals surface area (Å²) in [5, 5.41) is 3.58. The summed E-state index contributed by atoms with van der Waals surface area (Å²) in [5.74, 6) is 0.501. The lowest BCUT2D eigenvalue weighted by molar-refractivity contribution is 0.112. The minimum absolute atomic E-state index is 0.461. The largest absolute Gasteiger partial charge is 0.356 e. The van der Waals surface area contributed by atoms with Crippen molar-refractivity contribution in [3.8, 4) is 11.3 Å². The molecule has 0 saturated heterocycles. The van der Waals surface area contributed by atoms with Crippen LogP contribution in [0, 0.1) is 0 Å². The fraction of sp³-hybridized carbons (Fsp3) is 0. The molecule has 3 nitrogen and oxygen atoms in total. The van der Waals surface area contributed by atoms with E-state index in [1.807, 2.05) is 24.3 Å². The van der Waals surface area contributed by atoms with Crippen LogP contribution >= 0.6 is 15.9 Å². The second-order valence-electron chi connectivity index (χ2n) is 2.74. The molecule has 1 aromatic carbocycles. The molecular formula is C10H6BrNO2. The zero-order valence-corrected chi connectivity index (χ0v) is 8.69. The minimum atomic E-state index is 0.461. The van der Waals surface area contributed by atoms with Gasteiger partial charge in [-0.3, -0.25) is 4.79 Å². The van der Waals surface area contributed by atoms with Crippen LogP contribution in [-0.4, -0.2) is 11.4 Å². The van der Waals surface area contributed by atoms with Crippen LogP contribution in [0.3, 0.4) is 0 Å². The maximum Gasteiger partial charge on any atom is 0.177 e. The summed E-state index contributed by atoms with van der Waals surface area (Å²) in [5.41, 5.74) is 1.29. The number of carbonyl (C=O) groups excluding carboxylic acids is 1. The molecule has 1 heterocycles. The first-order valence-electron chi connectivity index (χ1n) is 3.97. The van der Waals surface area contributed by atoms with Crippen molar-refractivity contribution >= 4 is 22.2 Å². The highest BCUT2D eigenvalue weighted by atomic mass is 79.9. The van der Waals surface area contributed by atoms with E-state index in [1.165, 1.54) is 6.20 Å². The molecule has 70 valence electrons. The number of aromatic nitrogens is 1. The van der Waals surface area contributed by atoms with Gasteiger partial charge in [0.2, 0.25) is 0 Å². The van der Waals surface area contributed by atoms with E-state index in [4.69, 9.17) is 4.52 Å². The summed E-state index contributed by atoms with van der Waals surface area (Å²) in [7, 11) is 0. The number of rotatable bonds is 2. The van der Waals surface area contributed by atoms with Crippen LogP contribution in [0.4, 0.5) is 0 Å². The van der Waals surface area contributed by atoms with E-state index in [0.717, 1.165) is 16.3 Å². The van der Waals surface area contributed by atoms with Crippen molar-refractivity contribution < 1.29 is 9.32 Å². The molecule has 4 heteroatoms. The van der Waals surface area contributed by atoms with E-state index in [1.54, 1.807) is 0 Å². The topological polar surface area (TPSA) is 43.1 Å². The quantitative estimate of drug-likeness (QED) is 0.771. The van der Waals surface area contributed by atoms with E-state index in [2.05, 4.69) is 21.1 Å². The van der Waals surface area contributed by atoms with Gasteiger partial charge in [0, 0.05) is 10.0 Å². The number of carbonyl (C=O) groups is 1. The van der Waals surface area contributed by atoms with Gasteiger partial charge in [0.1, 0.15) is 0 Å². The number of halogens is 1. The Morgan fingerprint density at radius 2 is 2.29 bits per heavy atom. The SMILES string of the molecule is O=Cc1cnoc1-c1cccc(Br)c1. The molecule has 0 atom stereocenters. The normalized spacial score (nSPS) is 10.1. The predicted molar refractivity (Wildman–Crippen MR) is 55.0 cm³/mol. The average Bonchev–Trinajstić information content (AvgIpc) is 2.65. The third-order valence-corrected chi connectivity index (χ3v) is 2.30. The minimum Gasteiger partial charge on any atom is -0.356 e. The zero-order valence-electron chi connectivity index (χ0n) is 7.11. The van der Waals surface area contributed by atoms with Crippen LogP contribution in [0.15, 0.2) is 39.5 Å². The fourth-order valence-electron chi connectivity index (χ4n) is 1.18. The Balaban J connectivity index is 2.54. The molecule has 0 aliphatic heterocycles. The highest BCUT2D eigenvalue weighted by Gasteiger charge is 2.09. The molecule has 0 aliphatic carbocycles. The maximum absolute atomic E-state index is 10.6. The van der Waals surface area contributed by atoms with Gasteiger partial charge >= 0.3 is 0 Å². The first-order valence-corrected chi connectivity index (χ1v) is 4.76. The van der Waals surface area contributed by atoms with Crippen molar-refractivity contribution in [2.75, 3.05) is 0 Å². The van der Waals surface area contributed by atoms with Crippen LogP contribution < -0.4 is 0 Å². The molecule has 0 spiro atoms. The summed E-state index contributed by atoms with van der Waals surface area (Å²) in [6.45, 7) is 0. The Labute approximate surface area is 88.8 Å². The lowest BCUT2D eigenvalue weighted by Crippen LogP contribution is -1.80. The summed E-state index contributed by atoms with van der Waals surface area (Å²) >= 11 is 3.34. The summed E-state index contributed by atoms with van der Waals surface area (Å²) < 4.78 is 5.93. The molecule has 1 aromatic heterocycles. The van der Waals surface area contributed by atoms with Gasteiger partial charge in [-0.15, -0.1) is 0 Å². The highest BCUT2D eigenvalue weighted by molar-refractivity contribution is 9.10. The average molecular weight is 252 g/mol. The van der Waals surface area contributed by atoms with Gasteiger partial charge in [0.15, 0.2) is 12.0 Å². The third kappa shape index (κ3) is 1.61. The fourth-order valence-corrected chi connectivity index (χ4v) is 1.58. The molecule has 0 N–H and O–H groups in total. The summed E-state index contributed by atoms with van der Waals surface area (Å²) in [6, 6.07) is 7.50. The Morgan fingerprint density at radius 1 is 1.43 bits per heavy atom. The molecular weight excluding hydrogens is 246 g/mol. The molecule has 0 fully saturated rings. The van der Waals surface area contributed by atoms with Gasteiger partial charge in [-0.1, -0.05) is 33.2 Å². The Kier molecular flexibility index (Phi) is 2.45. The molecule has 0 bridgehead atoms. The van der Waals surface area contributed by atoms with E-state index < -0.39 is 0 Å². The van der Waals surface area contributed by atoms with Gasteiger partial charge in [-0.2, -0.15) is 0 Å². The van der Waals surface area contributed by atoms with Crippen LogP contribution in [0.2, 0.25) is 0 Å². The van der Waals surface area contributed by atoms with Crippen molar-refractivity contribution in [1.82, 2.24) is 5.16 Å². The number of hydrogen-bond donors (Lipinski definition) is 0. The van der Waals surface area contributed by atoms with Gasteiger partial charge in [0.25, 0.3) is 0 Å². The van der Waals surface area contributed by atoms with Crippen molar-refractivity contribution in [2.45, 2.75) is 0 Å². The van der Waals surface area contributed by atoms with Crippen molar-refractivity contribution in [2.24, 2.45) is 0 Å². The first kappa shape index (κ1) is 9.15. The Hall–Kier alpha value is -1.42. The van der Waals surface area contributed by atoms with Gasteiger partial charge in [0.05, 0.1) is 11.8 Å². The van der Waals surface area contributed by atoms with Crippen molar-refractivity contribution in [3.63, 3.8) is 0 Å². The third-order valence-electron chi connectivity index (χ3n) is 1.81. The summed E-state index contributed by atoms with van der Waals surface area (Å²) in [4.78, 5) is 10.6. The Bertz CT molecular complexity index is 465. The monoisotopic (exact) mass is 251 g/mol. The second-order valence-corrected chi connectivity index (χ2v) is 3.65. The smallest absolute Gasteiger partial charge is 0.177 e. The molecule has 0 unspecified atom stereocenters. The van der Waals surface area contributed by atoms with Crippen LogP contribution in [0.1, 0.15) is 10.4 Å². The molecule has 2 rings (SSSR count). The molecule has 14 heavy (non-hydrogen) atoms. The van der Waals surface area contributed by atoms with Crippen LogP contribution in [0.5, 0.6) is 0 Å². The van der Waals surface area contributed by atoms with Gasteiger partial charge in [-0.25, -0.2) is 0 Å². The lowest BCUT2D eigenvalue weighted by atomic mass is 10.1. The number of benzene rings is 1. The molecule has 0 radical (unpaired) electrons. The van der Waals surface area contributed by atoms with Crippen LogP contribution in [-0.2, 0) is 0 Å². The van der Waals surface area contributed by atoms with Crippen molar-refractivity contribution in [1.29, 1.82) is 0 Å². The van der Waals surface area contributed by atoms with E-state index in [9.17, 15) is 4.79 Å². The highest BCUT2D eigenvalue weighted by Crippen LogP contribution is 2.24. The van der Waals surface area contributed by atoms with Crippen molar-refractivity contribution in [3.05, 3.63) is 40.5 Å². The zero-order chi connectivity index (χ0) is 9.97. The van der Waals surface area contributed by atoms with E-state index in [0.29, 0.717) is 11.3 Å².